The number of benzene rings is 2. The van der Waals surface area contributed by atoms with Gasteiger partial charge in [-0.05, 0) is 25.0 Å². The van der Waals surface area contributed by atoms with Crippen molar-refractivity contribution in [2.45, 2.75) is 39.2 Å². The highest BCUT2D eigenvalue weighted by atomic mass is 16.5. The van der Waals surface area contributed by atoms with Crippen molar-refractivity contribution in [3.8, 4) is 11.5 Å². The highest BCUT2D eigenvalue weighted by Crippen LogP contribution is 2.44. The molecule has 0 amide bonds. The molecule has 0 fully saturated rings. The number of ether oxygens (including phenoxy) is 3. The maximum absolute atomic E-state index is 13.3. The van der Waals surface area contributed by atoms with E-state index < -0.39 is 17.5 Å². The van der Waals surface area contributed by atoms with Crippen LogP contribution >= 0.6 is 0 Å². The van der Waals surface area contributed by atoms with Crippen molar-refractivity contribution in [1.29, 1.82) is 0 Å². The largest absolute Gasteiger partial charge is 0.493 e. The van der Waals surface area contributed by atoms with E-state index in [1.54, 1.807) is 25.1 Å². The topological polar surface area (TPSA) is 101 Å². The van der Waals surface area contributed by atoms with Gasteiger partial charge < -0.3 is 24.4 Å². The summed E-state index contributed by atoms with van der Waals surface area (Å²) >= 11 is 0. The van der Waals surface area contributed by atoms with Crippen LogP contribution in [0.1, 0.15) is 48.1 Å². The molecule has 7 nitrogen and oxygen atoms in total. The lowest BCUT2D eigenvalue weighted by atomic mass is 9.83. The second-order valence-corrected chi connectivity index (χ2v) is 8.04. The molecule has 4 rings (SSSR count). The summed E-state index contributed by atoms with van der Waals surface area (Å²) in [6, 6.07) is 18.1. The van der Waals surface area contributed by atoms with Crippen LogP contribution in [0.2, 0.25) is 0 Å². The molecule has 7 heteroatoms. The van der Waals surface area contributed by atoms with E-state index in [9.17, 15) is 9.59 Å². The van der Waals surface area contributed by atoms with Crippen molar-refractivity contribution in [3.05, 3.63) is 105 Å². The van der Waals surface area contributed by atoms with Gasteiger partial charge in [0, 0.05) is 11.6 Å². The van der Waals surface area contributed by atoms with Gasteiger partial charge in [0.15, 0.2) is 0 Å². The number of fused-ring (bicyclic) bond motifs is 1. The number of para-hydroxylation sites is 1. The van der Waals surface area contributed by atoms with Crippen molar-refractivity contribution in [1.82, 2.24) is 0 Å². The Bertz CT molecular complexity index is 1260. The summed E-state index contributed by atoms with van der Waals surface area (Å²) in [5, 5.41) is 0. The molecule has 0 radical (unpaired) electrons. The Balaban J connectivity index is 1.78. The van der Waals surface area contributed by atoms with Gasteiger partial charge in [0.25, 0.3) is 0 Å². The van der Waals surface area contributed by atoms with E-state index in [0.29, 0.717) is 23.7 Å². The smallest absolute Gasteiger partial charge is 0.343 e. The predicted molar refractivity (Wildman–Crippen MR) is 126 cm³/mol. The fourth-order valence-corrected chi connectivity index (χ4v) is 3.91. The van der Waals surface area contributed by atoms with Crippen LogP contribution in [0, 0.1) is 6.92 Å². The third-order valence-corrected chi connectivity index (χ3v) is 5.55. The van der Waals surface area contributed by atoms with E-state index in [-0.39, 0.29) is 29.4 Å². The molecule has 2 N–H and O–H groups in total. The molecule has 2 heterocycles. The molecule has 176 valence electrons. The SMILES string of the molecule is CCCCOc1ccccc1[C@H]1C(C(=O)OCc2ccccc2)=C(N)Oc2cc(C)oc(=O)c21. The van der Waals surface area contributed by atoms with Gasteiger partial charge in [-0.25, -0.2) is 9.59 Å². The zero-order valence-corrected chi connectivity index (χ0v) is 19.2. The summed E-state index contributed by atoms with van der Waals surface area (Å²) < 4.78 is 22.7. The predicted octanol–water partition coefficient (Wildman–Crippen LogP) is 4.57. The Morgan fingerprint density at radius 2 is 1.82 bits per heavy atom. The average Bonchev–Trinajstić information content (AvgIpc) is 2.82. The zero-order valence-electron chi connectivity index (χ0n) is 19.2. The standard InChI is InChI=1S/C27H27NO6/c1-3-4-14-31-20-13-9-8-12-19(20)22-23-21(15-17(2)33-27(23)30)34-25(28)24(22)26(29)32-16-18-10-6-5-7-11-18/h5-13,15,22H,3-4,14,16,28H2,1-2H3/t22-/m1/s1. The summed E-state index contributed by atoms with van der Waals surface area (Å²) in [5.41, 5.74) is 7.28. The highest BCUT2D eigenvalue weighted by Gasteiger charge is 2.39. The molecule has 0 spiro atoms. The second-order valence-electron chi connectivity index (χ2n) is 8.04. The summed E-state index contributed by atoms with van der Waals surface area (Å²) in [4.78, 5) is 26.3. The Labute approximate surface area is 197 Å². The molecule has 1 aliphatic heterocycles. The van der Waals surface area contributed by atoms with Gasteiger partial charge >= 0.3 is 11.6 Å². The molecule has 0 aliphatic carbocycles. The fraction of sp³-hybridized carbons (Fsp3) is 0.259. The molecular formula is C27H27NO6. The van der Waals surface area contributed by atoms with Crippen molar-refractivity contribution in [3.63, 3.8) is 0 Å². The molecule has 2 aromatic carbocycles. The van der Waals surface area contributed by atoms with E-state index in [1.807, 2.05) is 42.5 Å². The first-order chi connectivity index (χ1) is 16.5. The van der Waals surface area contributed by atoms with Gasteiger partial charge in [0.2, 0.25) is 5.88 Å². The van der Waals surface area contributed by atoms with Gasteiger partial charge in [0.1, 0.15) is 29.4 Å². The number of hydrogen-bond acceptors (Lipinski definition) is 7. The number of unbranched alkanes of at least 4 members (excludes halogenated alkanes) is 1. The number of carbonyl (C=O) groups is 1. The third-order valence-electron chi connectivity index (χ3n) is 5.55. The summed E-state index contributed by atoms with van der Waals surface area (Å²) in [5.74, 6) is -0.502. The molecule has 3 aromatic rings. The maximum Gasteiger partial charge on any atom is 0.343 e. The van der Waals surface area contributed by atoms with E-state index in [0.717, 1.165) is 18.4 Å². The molecule has 1 atom stereocenters. The molecular weight excluding hydrogens is 434 g/mol. The number of carbonyl (C=O) groups excluding carboxylic acids is 1. The minimum Gasteiger partial charge on any atom is -0.493 e. The lowest BCUT2D eigenvalue weighted by Gasteiger charge is -2.28. The first kappa shape index (κ1) is 23.2. The van der Waals surface area contributed by atoms with Crippen LogP contribution in [0.25, 0.3) is 0 Å². The number of esters is 1. The highest BCUT2D eigenvalue weighted by molar-refractivity contribution is 5.92. The molecule has 0 saturated heterocycles. The Hall–Kier alpha value is -4.00. The van der Waals surface area contributed by atoms with Crippen molar-refractivity contribution < 1.29 is 23.4 Å². The number of hydrogen-bond donors (Lipinski definition) is 1. The lowest BCUT2D eigenvalue weighted by Crippen LogP contribution is -2.31. The Morgan fingerprint density at radius 3 is 2.59 bits per heavy atom. The Kier molecular flexibility index (Phi) is 7.01. The first-order valence-electron chi connectivity index (χ1n) is 11.2. The van der Waals surface area contributed by atoms with Gasteiger partial charge in [-0.2, -0.15) is 0 Å². The minimum absolute atomic E-state index is 0.0334. The number of nitrogens with two attached hydrogens (primary N) is 1. The molecule has 0 unspecified atom stereocenters. The van der Waals surface area contributed by atoms with Crippen LogP contribution in [0.5, 0.6) is 11.5 Å². The van der Waals surface area contributed by atoms with Gasteiger partial charge in [-0.15, -0.1) is 0 Å². The van der Waals surface area contributed by atoms with Crippen LogP contribution in [-0.4, -0.2) is 12.6 Å². The summed E-state index contributed by atoms with van der Waals surface area (Å²) in [6.45, 7) is 4.26. The lowest BCUT2D eigenvalue weighted by molar-refractivity contribution is -0.140. The van der Waals surface area contributed by atoms with Gasteiger partial charge in [0.05, 0.1) is 18.1 Å². The first-order valence-corrected chi connectivity index (χ1v) is 11.2. The number of rotatable bonds is 8. The van der Waals surface area contributed by atoms with Crippen LogP contribution in [-0.2, 0) is 16.1 Å². The fourth-order valence-electron chi connectivity index (χ4n) is 3.91. The van der Waals surface area contributed by atoms with Crippen LogP contribution in [0.15, 0.2) is 81.3 Å². The third kappa shape index (κ3) is 4.83. The van der Waals surface area contributed by atoms with Crippen molar-refractivity contribution in [2.24, 2.45) is 5.73 Å². The normalized spacial score (nSPS) is 14.8. The quantitative estimate of drug-likeness (QED) is 0.387. The van der Waals surface area contributed by atoms with E-state index in [2.05, 4.69) is 6.92 Å². The van der Waals surface area contributed by atoms with Crippen molar-refractivity contribution >= 4 is 5.97 Å². The van der Waals surface area contributed by atoms with E-state index in [1.165, 1.54) is 0 Å². The molecule has 1 aliphatic rings. The maximum atomic E-state index is 13.3. The second kappa shape index (κ2) is 10.3. The number of aryl methyl sites for hydroxylation is 1. The van der Waals surface area contributed by atoms with Gasteiger partial charge in [-0.1, -0.05) is 61.9 Å². The van der Waals surface area contributed by atoms with Crippen LogP contribution < -0.4 is 20.8 Å². The van der Waals surface area contributed by atoms with Crippen LogP contribution in [0.3, 0.4) is 0 Å². The van der Waals surface area contributed by atoms with E-state index in [4.69, 9.17) is 24.4 Å². The Morgan fingerprint density at radius 1 is 1.09 bits per heavy atom. The monoisotopic (exact) mass is 461 g/mol. The molecule has 1 aromatic heterocycles. The zero-order chi connectivity index (χ0) is 24.1. The minimum atomic E-state index is -0.873. The molecule has 34 heavy (non-hydrogen) atoms. The molecule has 0 bridgehead atoms. The van der Waals surface area contributed by atoms with Crippen LogP contribution in [0.4, 0.5) is 0 Å². The van der Waals surface area contributed by atoms with Crippen molar-refractivity contribution in [2.75, 3.05) is 6.61 Å². The van der Waals surface area contributed by atoms with E-state index >= 15 is 0 Å². The summed E-state index contributed by atoms with van der Waals surface area (Å²) in [7, 11) is 0. The van der Waals surface area contributed by atoms with Gasteiger partial charge in [-0.3, -0.25) is 0 Å². The average molecular weight is 462 g/mol. The molecule has 0 saturated carbocycles. The summed E-state index contributed by atoms with van der Waals surface area (Å²) in [6.07, 6.45) is 1.83.